The molecule has 0 aliphatic carbocycles. The first-order chi connectivity index (χ1) is 25.5. The van der Waals surface area contributed by atoms with E-state index in [1.165, 1.54) is 0 Å². The van der Waals surface area contributed by atoms with Crippen LogP contribution in [-0.2, 0) is 29.0 Å². The zero-order valence-electron chi connectivity index (χ0n) is 30.2. The Labute approximate surface area is 323 Å². The molecule has 0 unspecified atom stereocenters. The fraction of sp³-hybridized carbons (Fsp3) is 0.390. The van der Waals surface area contributed by atoms with Gasteiger partial charge >= 0.3 is 5.97 Å². The third-order valence-corrected chi connectivity index (χ3v) is 12.7. The molecule has 0 bridgehead atoms. The van der Waals surface area contributed by atoms with Crippen molar-refractivity contribution in [3.05, 3.63) is 92.2 Å². The number of halogens is 2. The van der Waals surface area contributed by atoms with Gasteiger partial charge in [-0.3, -0.25) is 19.5 Å². The summed E-state index contributed by atoms with van der Waals surface area (Å²) in [7, 11) is 1.64. The minimum Gasteiger partial charge on any atom is -0.481 e. The predicted octanol–water partition coefficient (Wildman–Crippen LogP) is 8.92. The number of nitrogens with zero attached hydrogens (tertiary/aromatic N) is 4. The maximum atomic E-state index is 11.7. The molecule has 5 aromatic rings. The van der Waals surface area contributed by atoms with E-state index in [0.29, 0.717) is 48.2 Å². The van der Waals surface area contributed by atoms with Crippen molar-refractivity contribution >= 4 is 56.6 Å². The minimum absolute atomic E-state index is 0.140. The summed E-state index contributed by atoms with van der Waals surface area (Å²) in [6, 6.07) is 16.2. The number of nitrogens with one attached hydrogen (secondary N) is 1. The van der Waals surface area contributed by atoms with Crippen LogP contribution in [0.1, 0.15) is 72.8 Å². The number of aliphatic carboxylic acids is 1. The number of rotatable bonds is 12. The molecule has 276 valence electrons. The zero-order chi connectivity index (χ0) is 37.3. The van der Waals surface area contributed by atoms with Crippen molar-refractivity contribution in [2.75, 3.05) is 20.2 Å². The number of hydrogen-bond acceptors (Lipinski definition) is 8. The molecule has 7 rings (SSSR count). The number of carboxylic acid groups (broad SMARTS) is 1. The van der Waals surface area contributed by atoms with Crippen LogP contribution >= 0.6 is 34.5 Å². The monoisotopic (exact) mass is 771 g/mol. The van der Waals surface area contributed by atoms with Crippen LogP contribution < -0.4 is 10.1 Å². The Kier molecular flexibility index (Phi) is 11.0. The van der Waals surface area contributed by atoms with Crippen LogP contribution in [0.4, 0.5) is 0 Å². The maximum Gasteiger partial charge on any atom is 0.309 e. The minimum atomic E-state index is -0.719. The van der Waals surface area contributed by atoms with Gasteiger partial charge in [-0.2, -0.15) is 0 Å². The topological polar surface area (TPSA) is 118 Å². The number of hydrogen-bond donors (Lipinski definition) is 2. The summed E-state index contributed by atoms with van der Waals surface area (Å²) in [5.74, 6) is 0.00504. The number of piperidine rings is 1. The molecule has 2 N–H and O–H groups in total. The number of pyridine rings is 2. The van der Waals surface area contributed by atoms with Crippen LogP contribution in [0.3, 0.4) is 0 Å². The highest BCUT2D eigenvalue weighted by Gasteiger charge is 2.37. The van der Waals surface area contributed by atoms with Crippen molar-refractivity contribution in [1.29, 1.82) is 0 Å². The third kappa shape index (κ3) is 7.92. The smallest absolute Gasteiger partial charge is 0.309 e. The maximum absolute atomic E-state index is 11.7. The molecular weight excluding hydrogens is 729 g/mol. The highest BCUT2D eigenvalue weighted by Crippen LogP contribution is 2.41. The van der Waals surface area contributed by atoms with E-state index in [1.807, 2.05) is 55.6 Å². The molecule has 2 fully saturated rings. The number of ether oxygens (including phenoxy) is 1. The highest BCUT2D eigenvalue weighted by molar-refractivity contribution is 7.18. The number of benzene rings is 2. The van der Waals surface area contributed by atoms with Gasteiger partial charge in [-0.25, -0.2) is 9.97 Å². The molecule has 0 spiro atoms. The molecule has 3 aromatic heterocycles. The first-order valence-electron chi connectivity index (χ1n) is 18.1. The summed E-state index contributed by atoms with van der Waals surface area (Å²) in [5.41, 5.74) is 7.25. The summed E-state index contributed by atoms with van der Waals surface area (Å²) in [4.78, 5) is 40.2. The summed E-state index contributed by atoms with van der Waals surface area (Å²) in [5, 5.41) is 14.8. The molecule has 1 atom stereocenters. The quantitative estimate of drug-likeness (QED) is 0.129. The van der Waals surface area contributed by atoms with Crippen molar-refractivity contribution < 1.29 is 19.4 Å². The normalized spacial score (nSPS) is 17.3. The number of likely N-dealkylation sites (tertiary alicyclic amines) is 1. The molecule has 2 saturated heterocycles. The Morgan fingerprint density at radius 1 is 1.08 bits per heavy atom. The van der Waals surface area contributed by atoms with E-state index in [1.54, 1.807) is 18.4 Å². The summed E-state index contributed by atoms with van der Waals surface area (Å²) >= 11 is 16.0. The van der Waals surface area contributed by atoms with E-state index in [0.717, 1.165) is 98.8 Å². The Bertz CT molecular complexity index is 2180. The fourth-order valence-electron chi connectivity index (χ4n) is 7.50. The number of methoxy groups -OCH3 is 1. The van der Waals surface area contributed by atoms with Crippen LogP contribution in [0.5, 0.6) is 5.88 Å². The van der Waals surface area contributed by atoms with Gasteiger partial charge in [0.25, 0.3) is 0 Å². The van der Waals surface area contributed by atoms with Crippen molar-refractivity contribution in [1.82, 2.24) is 25.2 Å². The highest BCUT2D eigenvalue weighted by atomic mass is 35.5. The van der Waals surface area contributed by atoms with Crippen LogP contribution in [0.25, 0.3) is 32.6 Å². The number of carboxylic acids is 1. The Balaban J connectivity index is 1.10. The van der Waals surface area contributed by atoms with Gasteiger partial charge in [0.1, 0.15) is 10.5 Å². The summed E-state index contributed by atoms with van der Waals surface area (Å²) in [6.07, 6.45) is 7.74. The third-order valence-electron chi connectivity index (χ3n) is 10.8. The van der Waals surface area contributed by atoms with Crippen molar-refractivity contribution in [3.8, 4) is 28.3 Å². The molecule has 0 saturated carbocycles. The number of thiazole rings is 1. The Morgan fingerprint density at radius 2 is 1.81 bits per heavy atom. The second-order valence-corrected chi connectivity index (χ2v) is 16.4. The molecule has 12 heteroatoms. The summed E-state index contributed by atoms with van der Waals surface area (Å²) in [6.45, 7) is 6.05. The van der Waals surface area contributed by atoms with Crippen molar-refractivity contribution in [2.24, 2.45) is 5.41 Å². The molecule has 2 aromatic carbocycles. The second-order valence-electron chi connectivity index (χ2n) is 14.5. The van der Waals surface area contributed by atoms with E-state index in [4.69, 9.17) is 42.9 Å². The van der Waals surface area contributed by atoms with Crippen LogP contribution in [0, 0.1) is 12.3 Å². The van der Waals surface area contributed by atoms with Gasteiger partial charge in [-0.15, -0.1) is 11.3 Å². The first kappa shape index (κ1) is 37.2. The van der Waals surface area contributed by atoms with E-state index < -0.39 is 11.4 Å². The van der Waals surface area contributed by atoms with E-state index in [-0.39, 0.29) is 11.9 Å². The van der Waals surface area contributed by atoms with Crippen LogP contribution in [0.2, 0.25) is 10.0 Å². The lowest BCUT2D eigenvalue weighted by Crippen LogP contribution is -2.42. The number of amides is 1. The molecule has 53 heavy (non-hydrogen) atoms. The average molecular weight is 773 g/mol. The number of aromatic nitrogens is 3. The average Bonchev–Trinajstić information content (AvgIpc) is 3.76. The first-order valence-corrected chi connectivity index (χ1v) is 19.7. The molecule has 2 aliphatic heterocycles. The number of fused-ring (bicyclic) bond motifs is 1. The lowest BCUT2D eigenvalue weighted by Gasteiger charge is -2.35. The van der Waals surface area contributed by atoms with Gasteiger partial charge in [0.15, 0.2) is 0 Å². The van der Waals surface area contributed by atoms with Gasteiger partial charge in [-0.05, 0) is 88.7 Å². The molecule has 9 nitrogen and oxygen atoms in total. The molecule has 2 aliphatic rings. The summed E-state index contributed by atoms with van der Waals surface area (Å²) < 4.78 is 6.84. The van der Waals surface area contributed by atoms with Crippen LogP contribution in [-0.4, -0.2) is 63.1 Å². The largest absolute Gasteiger partial charge is 0.481 e. The second kappa shape index (κ2) is 15.7. The van der Waals surface area contributed by atoms with Gasteiger partial charge in [-0.1, -0.05) is 59.6 Å². The van der Waals surface area contributed by atoms with Gasteiger partial charge in [0.2, 0.25) is 11.8 Å². The number of carbonyl (C=O) groups is 2. The van der Waals surface area contributed by atoms with Gasteiger partial charge in [0, 0.05) is 47.3 Å². The lowest BCUT2D eigenvalue weighted by atomic mass is 9.80. The van der Waals surface area contributed by atoms with Gasteiger partial charge < -0.3 is 15.2 Å². The molecule has 1 amide bonds. The zero-order valence-corrected chi connectivity index (χ0v) is 32.5. The Morgan fingerprint density at radius 3 is 2.53 bits per heavy atom. The van der Waals surface area contributed by atoms with Crippen molar-refractivity contribution in [2.45, 2.75) is 77.8 Å². The fourth-order valence-corrected chi connectivity index (χ4v) is 9.15. The van der Waals surface area contributed by atoms with Crippen molar-refractivity contribution in [3.63, 3.8) is 0 Å². The van der Waals surface area contributed by atoms with E-state index in [2.05, 4.69) is 23.2 Å². The Hall–Kier alpha value is -4.09. The number of carbonyl (C=O) groups excluding carboxylic acids is 1. The lowest BCUT2D eigenvalue weighted by molar-refractivity contribution is -0.150. The van der Waals surface area contributed by atoms with Crippen LogP contribution in [0.15, 0.2) is 54.7 Å². The molecule has 0 radical (unpaired) electrons. The van der Waals surface area contributed by atoms with Gasteiger partial charge in [0.05, 0.1) is 45.2 Å². The SMILES string of the molecule is COc1nc(-c2cccc(-c3cccc(Cc4nccc5sc(CN6CCC(C)(C(=O)O)CC6)nc45)c3Cl)c2Cl)cc(C)c1CCC[C@@H]1CCC(=O)N1. The van der Waals surface area contributed by atoms with E-state index in [9.17, 15) is 14.7 Å². The molecule has 5 heterocycles. The standard InChI is InChI=1S/C41H43Cl2N5O4S/c1-24-21-31(46-39(52-3)27(24)9-5-8-26-13-14-34(49)45-26)30-12-6-11-29(37(30)43)28-10-4-7-25(36(28)42)22-32-38-33(15-18-44-32)53-35(47-38)23-48-19-16-41(2,17-20-48)40(50)51/h4,6-7,10-12,15,18,21,26H,5,8-9,13-14,16-17,19-20,22-23H2,1-3H3,(H,45,49)(H,50,51)/t26-/m1/s1. The van der Waals surface area contributed by atoms with E-state index >= 15 is 0 Å². The predicted molar refractivity (Wildman–Crippen MR) is 211 cm³/mol. The number of aryl methyl sites for hydroxylation is 1. The molecular formula is C41H43Cl2N5O4S.